The Morgan fingerprint density at radius 3 is 2.55 bits per heavy atom. The maximum atomic E-state index is 13.9. The highest BCUT2D eigenvalue weighted by molar-refractivity contribution is 9.10. The summed E-state index contributed by atoms with van der Waals surface area (Å²) in [4.78, 5) is 11.2. The summed E-state index contributed by atoms with van der Waals surface area (Å²) in [6.45, 7) is 1.92. The Bertz CT molecular complexity index is 668. The van der Waals surface area contributed by atoms with Gasteiger partial charge in [0.15, 0.2) is 0 Å². The molecule has 0 aliphatic carbocycles. The maximum Gasteiger partial charge on any atom is 0.250 e. The summed E-state index contributed by atoms with van der Waals surface area (Å²) in [7, 11) is 0. The molecule has 20 heavy (non-hydrogen) atoms. The molecule has 5 N–H and O–H groups in total. The van der Waals surface area contributed by atoms with Gasteiger partial charge >= 0.3 is 0 Å². The van der Waals surface area contributed by atoms with E-state index in [0.29, 0.717) is 5.69 Å². The fraction of sp³-hybridized carbons (Fsp3) is 0.0714. The van der Waals surface area contributed by atoms with Crippen molar-refractivity contribution in [1.29, 1.82) is 0 Å². The summed E-state index contributed by atoms with van der Waals surface area (Å²) in [6.07, 6.45) is 0. The molecule has 1 amide bonds. The molecule has 0 saturated heterocycles. The average Bonchev–Trinajstić information content (AvgIpc) is 2.30. The number of nitrogens with one attached hydrogen (secondary N) is 1. The predicted octanol–water partition coefficient (Wildman–Crippen LogP) is 3.32. The fourth-order valence-electron chi connectivity index (χ4n) is 1.86. The summed E-state index contributed by atoms with van der Waals surface area (Å²) in [5.74, 6) is -1.25. The number of primary amides is 1. The molecule has 2 rings (SSSR count). The Morgan fingerprint density at radius 2 is 1.95 bits per heavy atom. The highest BCUT2D eigenvalue weighted by atomic mass is 79.9. The number of nitrogens with two attached hydrogens (primary N) is 2. The van der Waals surface area contributed by atoms with E-state index in [1.807, 2.05) is 19.1 Å². The Hall–Kier alpha value is -2.08. The second kappa shape index (κ2) is 5.50. The zero-order valence-corrected chi connectivity index (χ0v) is 12.3. The Kier molecular flexibility index (Phi) is 3.94. The van der Waals surface area contributed by atoms with Crippen LogP contribution >= 0.6 is 15.9 Å². The number of carbonyl (C=O) groups is 1. The molecule has 0 heterocycles. The van der Waals surface area contributed by atoms with Crippen LogP contribution in [0.2, 0.25) is 0 Å². The first-order valence-electron chi connectivity index (χ1n) is 5.80. The van der Waals surface area contributed by atoms with Gasteiger partial charge in [0, 0.05) is 15.8 Å². The molecule has 0 aromatic heterocycles. The van der Waals surface area contributed by atoms with Gasteiger partial charge in [0.25, 0.3) is 5.91 Å². The van der Waals surface area contributed by atoms with Gasteiger partial charge in [0.2, 0.25) is 0 Å². The third kappa shape index (κ3) is 3.08. The van der Waals surface area contributed by atoms with E-state index in [-0.39, 0.29) is 16.9 Å². The fourth-order valence-corrected chi connectivity index (χ4v) is 2.47. The molecule has 0 spiro atoms. The van der Waals surface area contributed by atoms with Gasteiger partial charge in [-0.15, -0.1) is 0 Å². The van der Waals surface area contributed by atoms with Gasteiger partial charge in [-0.1, -0.05) is 15.9 Å². The minimum atomic E-state index is -0.698. The molecule has 0 aliphatic heterocycles. The number of anilines is 3. The number of aryl methyl sites for hydroxylation is 1. The monoisotopic (exact) mass is 337 g/mol. The molecule has 0 atom stereocenters. The number of nitrogen functional groups attached to an aromatic ring is 1. The van der Waals surface area contributed by atoms with Crippen LogP contribution in [0.4, 0.5) is 21.5 Å². The van der Waals surface area contributed by atoms with Crippen LogP contribution < -0.4 is 16.8 Å². The van der Waals surface area contributed by atoms with Crippen molar-refractivity contribution in [2.24, 2.45) is 5.73 Å². The molecule has 6 heteroatoms. The van der Waals surface area contributed by atoms with Crippen molar-refractivity contribution in [2.75, 3.05) is 11.1 Å². The largest absolute Gasteiger partial charge is 0.398 e. The van der Waals surface area contributed by atoms with Crippen molar-refractivity contribution in [1.82, 2.24) is 0 Å². The maximum absolute atomic E-state index is 13.9. The second-order valence-corrected chi connectivity index (χ2v) is 5.34. The third-order valence-corrected chi connectivity index (χ3v) is 3.18. The summed E-state index contributed by atoms with van der Waals surface area (Å²) in [5, 5.41) is 2.91. The van der Waals surface area contributed by atoms with Crippen LogP contribution in [-0.4, -0.2) is 5.91 Å². The number of hydrogen-bond donors (Lipinski definition) is 3. The van der Waals surface area contributed by atoms with E-state index in [1.165, 1.54) is 6.07 Å². The van der Waals surface area contributed by atoms with E-state index in [9.17, 15) is 9.18 Å². The summed E-state index contributed by atoms with van der Waals surface area (Å²) in [6, 6.07) is 7.97. The van der Waals surface area contributed by atoms with Crippen LogP contribution in [0.25, 0.3) is 0 Å². The minimum Gasteiger partial charge on any atom is -0.398 e. The first-order valence-corrected chi connectivity index (χ1v) is 6.59. The SMILES string of the molecule is Cc1cc(Br)cc(Nc2cc(C(N)=O)c(N)cc2F)c1. The van der Waals surface area contributed by atoms with Gasteiger partial charge < -0.3 is 16.8 Å². The highest BCUT2D eigenvalue weighted by Crippen LogP contribution is 2.27. The highest BCUT2D eigenvalue weighted by Gasteiger charge is 2.12. The third-order valence-electron chi connectivity index (χ3n) is 2.73. The molecule has 104 valence electrons. The summed E-state index contributed by atoms with van der Waals surface area (Å²) in [5.41, 5.74) is 12.7. The van der Waals surface area contributed by atoms with Crippen molar-refractivity contribution in [3.8, 4) is 0 Å². The molecular weight excluding hydrogens is 325 g/mol. The standard InChI is InChI=1S/C14H13BrFN3O/c1-7-2-8(15)4-9(3-7)19-13-5-10(14(18)20)12(17)6-11(13)16/h2-6,19H,17H2,1H3,(H2,18,20). The molecule has 4 nitrogen and oxygen atoms in total. The number of benzene rings is 2. The van der Waals surface area contributed by atoms with Crippen LogP contribution in [-0.2, 0) is 0 Å². The number of halogens is 2. The quantitative estimate of drug-likeness (QED) is 0.751. The summed E-state index contributed by atoms with van der Waals surface area (Å²) >= 11 is 3.37. The van der Waals surface area contributed by atoms with Crippen molar-refractivity contribution in [3.05, 3.63) is 51.7 Å². The van der Waals surface area contributed by atoms with Crippen molar-refractivity contribution in [3.63, 3.8) is 0 Å². The number of amides is 1. The lowest BCUT2D eigenvalue weighted by Gasteiger charge is -2.11. The molecule has 0 bridgehead atoms. The second-order valence-electron chi connectivity index (χ2n) is 4.43. The zero-order chi connectivity index (χ0) is 14.9. The van der Waals surface area contributed by atoms with E-state index in [0.717, 1.165) is 16.1 Å². The van der Waals surface area contributed by atoms with Crippen molar-refractivity contribution < 1.29 is 9.18 Å². The topological polar surface area (TPSA) is 81.1 Å². The first kappa shape index (κ1) is 14.3. The zero-order valence-electron chi connectivity index (χ0n) is 10.7. The lowest BCUT2D eigenvalue weighted by atomic mass is 10.1. The van der Waals surface area contributed by atoms with E-state index < -0.39 is 11.7 Å². The Morgan fingerprint density at radius 1 is 1.25 bits per heavy atom. The molecular formula is C14H13BrFN3O. The number of carbonyl (C=O) groups excluding carboxylic acids is 1. The predicted molar refractivity (Wildman–Crippen MR) is 81.5 cm³/mol. The van der Waals surface area contributed by atoms with E-state index in [1.54, 1.807) is 6.07 Å². The van der Waals surface area contributed by atoms with Gasteiger partial charge in [-0.3, -0.25) is 4.79 Å². The van der Waals surface area contributed by atoms with Crippen LogP contribution in [0.5, 0.6) is 0 Å². The van der Waals surface area contributed by atoms with E-state index in [2.05, 4.69) is 21.2 Å². The van der Waals surface area contributed by atoms with E-state index >= 15 is 0 Å². The number of rotatable bonds is 3. The average molecular weight is 338 g/mol. The molecule has 0 aliphatic rings. The van der Waals surface area contributed by atoms with Crippen molar-refractivity contribution in [2.45, 2.75) is 6.92 Å². The first-order chi connectivity index (χ1) is 9.36. The van der Waals surface area contributed by atoms with E-state index in [4.69, 9.17) is 11.5 Å². The molecule has 0 radical (unpaired) electrons. The smallest absolute Gasteiger partial charge is 0.250 e. The van der Waals surface area contributed by atoms with Crippen LogP contribution in [0, 0.1) is 12.7 Å². The lowest BCUT2D eigenvalue weighted by molar-refractivity contribution is 0.100. The summed E-state index contributed by atoms with van der Waals surface area (Å²) < 4.78 is 14.7. The molecule has 0 saturated carbocycles. The normalized spacial score (nSPS) is 10.3. The van der Waals surface area contributed by atoms with Crippen LogP contribution in [0.15, 0.2) is 34.8 Å². The van der Waals surface area contributed by atoms with Crippen LogP contribution in [0.1, 0.15) is 15.9 Å². The molecule has 2 aromatic rings. The molecule has 2 aromatic carbocycles. The van der Waals surface area contributed by atoms with Gasteiger partial charge in [0.1, 0.15) is 5.82 Å². The Labute approximate surface area is 124 Å². The molecule has 0 unspecified atom stereocenters. The lowest BCUT2D eigenvalue weighted by Crippen LogP contribution is -2.14. The van der Waals surface area contributed by atoms with Crippen LogP contribution in [0.3, 0.4) is 0 Å². The molecule has 0 fully saturated rings. The number of hydrogen-bond acceptors (Lipinski definition) is 3. The van der Waals surface area contributed by atoms with Crippen molar-refractivity contribution >= 4 is 38.9 Å². The van der Waals surface area contributed by atoms with Gasteiger partial charge in [-0.2, -0.15) is 0 Å². The minimum absolute atomic E-state index is 0.0194. The van der Waals surface area contributed by atoms with Gasteiger partial charge in [-0.05, 0) is 42.8 Å². The van der Waals surface area contributed by atoms with Gasteiger partial charge in [-0.25, -0.2) is 4.39 Å². The Balaban J connectivity index is 2.42. The van der Waals surface area contributed by atoms with Gasteiger partial charge in [0.05, 0.1) is 11.3 Å².